The number of aromatic nitrogens is 1. The second kappa shape index (κ2) is 5.52. The van der Waals surface area contributed by atoms with Crippen molar-refractivity contribution in [3.8, 4) is 5.75 Å². The average molecular weight is 296 g/mol. The normalized spacial score (nSPS) is 10.7. The van der Waals surface area contributed by atoms with E-state index < -0.39 is 0 Å². The molecule has 0 unspecified atom stereocenters. The molecule has 5 nitrogen and oxygen atoms in total. The number of amides is 1. The van der Waals surface area contributed by atoms with Gasteiger partial charge in [-0.25, -0.2) is 4.98 Å². The lowest BCUT2D eigenvalue weighted by Crippen LogP contribution is -2.13. The average Bonchev–Trinajstić information content (AvgIpc) is 2.84. The maximum atomic E-state index is 12.4. The van der Waals surface area contributed by atoms with E-state index in [-0.39, 0.29) is 11.7 Å². The van der Waals surface area contributed by atoms with E-state index in [4.69, 9.17) is 9.15 Å². The molecule has 0 aliphatic rings. The van der Waals surface area contributed by atoms with E-state index >= 15 is 0 Å². The van der Waals surface area contributed by atoms with Gasteiger partial charge in [-0.15, -0.1) is 0 Å². The van der Waals surface area contributed by atoms with Crippen molar-refractivity contribution in [2.24, 2.45) is 0 Å². The first-order chi connectivity index (χ1) is 10.6. The van der Waals surface area contributed by atoms with Crippen LogP contribution in [-0.4, -0.2) is 18.0 Å². The summed E-state index contributed by atoms with van der Waals surface area (Å²) in [6.45, 7) is 3.79. The quantitative estimate of drug-likeness (QED) is 0.800. The number of nitrogens with zero attached hydrogens (tertiary/aromatic N) is 1. The summed E-state index contributed by atoms with van der Waals surface area (Å²) in [5, 5.41) is 3.62. The van der Waals surface area contributed by atoms with Crippen LogP contribution < -0.4 is 10.1 Å². The summed E-state index contributed by atoms with van der Waals surface area (Å²) in [6, 6.07) is 9.13. The smallest absolute Gasteiger partial charge is 0.292 e. The highest BCUT2D eigenvalue weighted by Crippen LogP contribution is 2.29. The van der Waals surface area contributed by atoms with Gasteiger partial charge in [-0.1, -0.05) is 0 Å². The summed E-state index contributed by atoms with van der Waals surface area (Å²) in [7, 11) is 1.60. The van der Waals surface area contributed by atoms with Crippen LogP contribution in [0, 0.1) is 13.8 Å². The Morgan fingerprint density at radius 3 is 2.77 bits per heavy atom. The molecule has 0 saturated carbocycles. The van der Waals surface area contributed by atoms with Gasteiger partial charge in [-0.05, 0) is 49.7 Å². The van der Waals surface area contributed by atoms with Gasteiger partial charge < -0.3 is 14.5 Å². The summed E-state index contributed by atoms with van der Waals surface area (Å²) in [4.78, 5) is 16.5. The highest BCUT2D eigenvalue weighted by Gasteiger charge is 2.18. The molecule has 0 bridgehead atoms. The van der Waals surface area contributed by atoms with Crippen molar-refractivity contribution in [1.82, 2.24) is 4.98 Å². The van der Waals surface area contributed by atoms with Crippen molar-refractivity contribution in [1.29, 1.82) is 0 Å². The van der Waals surface area contributed by atoms with Crippen molar-refractivity contribution < 1.29 is 13.9 Å². The minimum absolute atomic E-state index is 0.284. The number of carbonyl (C=O) groups excluding carboxylic acids is 1. The van der Waals surface area contributed by atoms with Crippen LogP contribution in [0.3, 0.4) is 0 Å². The molecule has 0 spiro atoms. The Hall–Kier alpha value is -2.82. The minimum Gasteiger partial charge on any atom is -0.497 e. The molecule has 22 heavy (non-hydrogen) atoms. The van der Waals surface area contributed by atoms with E-state index in [1.165, 1.54) is 0 Å². The maximum absolute atomic E-state index is 12.4. The van der Waals surface area contributed by atoms with Crippen molar-refractivity contribution in [3.63, 3.8) is 0 Å². The third kappa shape index (κ3) is 2.53. The zero-order valence-corrected chi connectivity index (χ0v) is 12.6. The Balaban J connectivity index is 1.95. The Bertz CT molecular complexity index is 852. The van der Waals surface area contributed by atoms with E-state index in [0.29, 0.717) is 11.4 Å². The molecule has 0 radical (unpaired) electrons. The molecule has 3 aromatic rings. The number of methoxy groups -OCH3 is 1. The maximum Gasteiger partial charge on any atom is 0.292 e. The lowest BCUT2D eigenvalue weighted by atomic mass is 10.1. The summed E-state index contributed by atoms with van der Waals surface area (Å²) in [5.74, 6) is 1.20. The molecule has 2 aromatic heterocycles. The number of fused-ring (bicyclic) bond motifs is 1. The SMILES string of the molecule is COc1ccc2oc(C(=O)Nc3cc(C)ccn3)c(C)c2c1. The van der Waals surface area contributed by atoms with Crippen LogP contribution in [0.5, 0.6) is 5.75 Å². The van der Waals surface area contributed by atoms with Gasteiger partial charge in [0.05, 0.1) is 7.11 Å². The Morgan fingerprint density at radius 2 is 2.05 bits per heavy atom. The number of aryl methyl sites for hydroxylation is 2. The number of furan rings is 1. The Kier molecular flexibility index (Phi) is 3.55. The van der Waals surface area contributed by atoms with E-state index in [2.05, 4.69) is 10.3 Å². The predicted molar refractivity (Wildman–Crippen MR) is 84.4 cm³/mol. The number of benzene rings is 1. The Morgan fingerprint density at radius 1 is 1.23 bits per heavy atom. The topological polar surface area (TPSA) is 64.4 Å². The van der Waals surface area contributed by atoms with Gasteiger partial charge in [0.15, 0.2) is 5.76 Å². The molecule has 1 amide bonds. The zero-order chi connectivity index (χ0) is 15.7. The van der Waals surface area contributed by atoms with Crippen molar-refractivity contribution in [2.45, 2.75) is 13.8 Å². The van der Waals surface area contributed by atoms with E-state index in [0.717, 1.165) is 22.3 Å². The molecule has 3 rings (SSSR count). The number of rotatable bonds is 3. The van der Waals surface area contributed by atoms with Gasteiger partial charge in [-0.3, -0.25) is 4.79 Å². The summed E-state index contributed by atoms with van der Waals surface area (Å²) >= 11 is 0. The highest BCUT2D eigenvalue weighted by atomic mass is 16.5. The number of pyridine rings is 1. The number of ether oxygens (including phenoxy) is 1. The fourth-order valence-corrected chi connectivity index (χ4v) is 2.32. The molecule has 112 valence electrons. The number of hydrogen-bond acceptors (Lipinski definition) is 4. The number of nitrogens with one attached hydrogen (secondary N) is 1. The molecule has 5 heteroatoms. The van der Waals surface area contributed by atoms with Crippen LogP contribution in [0.15, 0.2) is 40.9 Å². The van der Waals surface area contributed by atoms with Crippen LogP contribution in [-0.2, 0) is 0 Å². The van der Waals surface area contributed by atoms with Crippen molar-refractivity contribution in [3.05, 3.63) is 53.4 Å². The molecule has 0 saturated heterocycles. The largest absolute Gasteiger partial charge is 0.497 e. The highest BCUT2D eigenvalue weighted by molar-refractivity contribution is 6.06. The van der Waals surface area contributed by atoms with Gasteiger partial charge in [-0.2, -0.15) is 0 Å². The number of carbonyl (C=O) groups is 1. The summed E-state index contributed by atoms with van der Waals surface area (Å²) < 4.78 is 10.9. The first-order valence-electron chi connectivity index (χ1n) is 6.89. The molecule has 2 heterocycles. The zero-order valence-electron chi connectivity index (χ0n) is 12.6. The first-order valence-corrected chi connectivity index (χ1v) is 6.89. The number of hydrogen-bond donors (Lipinski definition) is 1. The fraction of sp³-hybridized carbons (Fsp3) is 0.176. The van der Waals surface area contributed by atoms with Crippen molar-refractivity contribution in [2.75, 3.05) is 12.4 Å². The Labute approximate surface area is 127 Å². The molecule has 0 aliphatic heterocycles. The van der Waals surface area contributed by atoms with Crippen LogP contribution in [0.2, 0.25) is 0 Å². The second-order valence-corrected chi connectivity index (χ2v) is 5.09. The lowest BCUT2D eigenvalue weighted by Gasteiger charge is -2.03. The predicted octanol–water partition coefficient (Wildman–Crippen LogP) is 3.71. The standard InChI is InChI=1S/C17H16N2O3/c1-10-6-7-18-15(8-10)19-17(20)16-11(2)13-9-12(21-3)4-5-14(13)22-16/h4-9H,1-3H3,(H,18,19,20). The molecule has 1 N–H and O–H groups in total. The molecule has 1 aromatic carbocycles. The van der Waals surface area contributed by atoms with Gasteiger partial charge in [0, 0.05) is 17.1 Å². The van der Waals surface area contributed by atoms with Crippen LogP contribution in [0.25, 0.3) is 11.0 Å². The van der Waals surface area contributed by atoms with Crippen LogP contribution in [0.1, 0.15) is 21.7 Å². The van der Waals surface area contributed by atoms with Gasteiger partial charge in [0.2, 0.25) is 0 Å². The van der Waals surface area contributed by atoms with Gasteiger partial charge in [0.25, 0.3) is 5.91 Å². The molecular formula is C17H16N2O3. The van der Waals surface area contributed by atoms with E-state index in [9.17, 15) is 4.79 Å². The molecule has 0 fully saturated rings. The third-order valence-electron chi connectivity index (χ3n) is 3.51. The first kappa shape index (κ1) is 14.1. The molecule has 0 aliphatic carbocycles. The van der Waals surface area contributed by atoms with E-state index in [1.807, 2.05) is 26.0 Å². The van der Waals surface area contributed by atoms with Crippen LogP contribution >= 0.6 is 0 Å². The molecule has 0 atom stereocenters. The fourth-order valence-electron chi connectivity index (χ4n) is 2.32. The van der Waals surface area contributed by atoms with Crippen LogP contribution in [0.4, 0.5) is 5.82 Å². The molecular weight excluding hydrogens is 280 g/mol. The number of anilines is 1. The third-order valence-corrected chi connectivity index (χ3v) is 3.51. The van der Waals surface area contributed by atoms with Gasteiger partial charge in [0.1, 0.15) is 17.2 Å². The van der Waals surface area contributed by atoms with Crippen molar-refractivity contribution >= 4 is 22.7 Å². The monoisotopic (exact) mass is 296 g/mol. The lowest BCUT2D eigenvalue weighted by molar-refractivity contribution is 0.0997. The van der Waals surface area contributed by atoms with Gasteiger partial charge >= 0.3 is 0 Å². The summed E-state index contributed by atoms with van der Waals surface area (Å²) in [5.41, 5.74) is 2.45. The minimum atomic E-state index is -0.314. The van der Waals surface area contributed by atoms with E-state index in [1.54, 1.807) is 31.5 Å². The second-order valence-electron chi connectivity index (χ2n) is 5.09. The summed E-state index contributed by atoms with van der Waals surface area (Å²) in [6.07, 6.45) is 1.65.